The predicted molar refractivity (Wildman–Crippen MR) is 57.2 cm³/mol. The lowest BCUT2D eigenvalue weighted by atomic mass is 9.79. The first-order chi connectivity index (χ1) is 7.90. The van der Waals surface area contributed by atoms with Crippen molar-refractivity contribution in [2.75, 3.05) is 13.1 Å². The predicted octanol–water partition coefficient (Wildman–Crippen LogP) is 1.76. The lowest BCUT2D eigenvalue weighted by Gasteiger charge is -2.42. The summed E-state index contributed by atoms with van der Waals surface area (Å²) in [4.78, 5) is 6.91. The lowest BCUT2D eigenvalue weighted by Crippen LogP contribution is -2.43. The van der Waals surface area contributed by atoms with E-state index in [4.69, 9.17) is 4.52 Å². The van der Waals surface area contributed by atoms with E-state index in [1.54, 1.807) is 0 Å². The highest BCUT2D eigenvalue weighted by Gasteiger charge is 2.40. The summed E-state index contributed by atoms with van der Waals surface area (Å²) in [6.07, 6.45) is 4.95. The minimum Gasteiger partial charge on any atom is -0.339 e. The largest absolute Gasteiger partial charge is 0.339 e. The quantitative estimate of drug-likeness (QED) is 0.757. The highest BCUT2D eigenvalue weighted by molar-refractivity contribution is 5.27. The molecule has 2 bridgehead atoms. The molecular formula is C12H15N3O. The Hall–Kier alpha value is -0.900. The van der Waals surface area contributed by atoms with Crippen molar-refractivity contribution in [3.8, 4) is 0 Å². The van der Waals surface area contributed by atoms with Gasteiger partial charge in [0.1, 0.15) is 0 Å². The zero-order chi connectivity index (χ0) is 10.5. The molecule has 84 valence electrons. The molecule has 0 aromatic carbocycles. The fraction of sp³-hybridized carbons (Fsp3) is 0.667. The van der Waals surface area contributed by atoms with Crippen LogP contribution in [0.3, 0.4) is 0 Å². The second kappa shape index (κ2) is 3.29. The van der Waals surface area contributed by atoms with E-state index >= 15 is 0 Å². The fourth-order valence-corrected chi connectivity index (χ4v) is 2.73. The van der Waals surface area contributed by atoms with Gasteiger partial charge in [0.2, 0.25) is 5.89 Å². The van der Waals surface area contributed by atoms with Crippen molar-refractivity contribution in [2.45, 2.75) is 31.6 Å². The Balaban J connectivity index is 1.59. The molecule has 16 heavy (non-hydrogen) atoms. The summed E-state index contributed by atoms with van der Waals surface area (Å²) in [5.41, 5.74) is 0. The van der Waals surface area contributed by atoms with Crippen LogP contribution in [0.5, 0.6) is 0 Å². The van der Waals surface area contributed by atoms with E-state index in [9.17, 15) is 0 Å². The molecule has 1 aromatic rings. The number of hydrogen-bond donors (Lipinski definition) is 0. The van der Waals surface area contributed by atoms with E-state index in [2.05, 4.69) is 21.6 Å². The molecule has 4 heteroatoms. The Morgan fingerprint density at radius 2 is 1.94 bits per heavy atom. The Morgan fingerprint density at radius 1 is 1.12 bits per heavy atom. The molecule has 0 spiro atoms. The molecule has 0 atom stereocenters. The maximum absolute atomic E-state index is 5.40. The third-order valence-electron chi connectivity index (χ3n) is 3.92. The van der Waals surface area contributed by atoms with Gasteiger partial charge in [0.15, 0.2) is 5.82 Å². The van der Waals surface area contributed by atoms with Crippen LogP contribution in [0.1, 0.15) is 43.3 Å². The summed E-state index contributed by atoms with van der Waals surface area (Å²) in [6, 6.07) is 0. The van der Waals surface area contributed by atoms with Gasteiger partial charge in [-0.3, -0.25) is 4.90 Å². The molecule has 0 unspecified atom stereocenters. The topological polar surface area (TPSA) is 42.2 Å². The van der Waals surface area contributed by atoms with Crippen LogP contribution in [0.25, 0.3) is 0 Å². The summed E-state index contributed by atoms with van der Waals surface area (Å²) in [6.45, 7) is 4.61. The number of hydrogen-bond acceptors (Lipinski definition) is 4. The van der Waals surface area contributed by atoms with Gasteiger partial charge in [0.25, 0.3) is 0 Å². The second-order valence-corrected chi connectivity index (χ2v) is 5.13. The first-order valence-corrected chi connectivity index (χ1v) is 6.20. The van der Waals surface area contributed by atoms with E-state index < -0.39 is 0 Å². The minimum absolute atomic E-state index is 0.583. The van der Waals surface area contributed by atoms with Crippen LogP contribution in [-0.2, 0) is 0 Å². The molecule has 0 amide bonds. The normalized spacial score (nSPS) is 34.5. The van der Waals surface area contributed by atoms with Gasteiger partial charge in [-0.1, -0.05) is 5.16 Å². The molecule has 4 fully saturated rings. The molecular weight excluding hydrogens is 202 g/mol. The summed E-state index contributed by atoms with van der Waals surface area (Å²) in [5, 5.41) is 4.09. The molecule has 4 heterocycles. The van der Waals surface area contributed by atoms with Crippen molar-refractivity contribution in [1.82, 2.24) is 15.0 Å². The number of rotatable bonds is 2. The second-order valence-electron chi connectivity index (χ2n) is 5.13. The highest BCUT2D eigenvalue weighted by Crippen LogP contribution is 2.42. The van der Waals surface area contributed by atoms with Crippen LogP contribution in [0.15, 0.2) is 4.52 Å². The molecule has 4 nitrogen and oxygen atoms in total. The van der Waals surface area contributed by atoms with Gasteiger partial charge in [-0.25, -0.2) is 0 Å². The number of piperidine rings is 3. The van der Waals surface area contributed by atoms with Gasteiger partial charge in [0, 0.05) is 12.5 Å². The van der Waals surface area contributed by atoms with Crippen molar-refractivity contribution in [3.05, 3.63) is 24.2 Å². The highest BCUT2D eigenvalue weighted by atomic mass is 16.5. The molecule has 3 aliphatic heterocycles. The first-order valence-electron chi connectivity index (χ1n) is 6.20. The molecule has 1 saturated carbocycles. The summed E-state index contributed by atoms with van der Waals surface area (Å²) < 4.78 is 5.40. The third kappa shape index (κ3) is 1.39. The summed E-state index contributed by atoms with van der Waals surface area (Å²) in [5.74, 6) is 4.21. The van der Waals surface area contributed by atoms with E-state index in [0.717, 1.165) is 11.7 Å². The number of nitrogens with zero attached hydrogens (tertiary/aromatic N) is 3. The Labute approximate surface area is 95.0 Å². The van der Waals surface area contributed by atoms with E-state index in [1.165, 1.54) is 44.7 Å². The monoisotopic (exact) mass is 217 g/mol. The fourth-order valence-electron chi connectivity index (χ4n) is 2.73. The van der Waals surface area contributed by atoms with Crippen LogP contribution in [0, 0.1) is 18.4 Å². The van der Waals surface area contributed by atoms with E-state index in [1.807, 2.05) is 0 Å². The van der Waals surface area contributed by atoms with E-state index in [-0.39, 0.29) is 0 Å². The smallest absolute Gasteiger partial charge is 0.235 e. The molecule has 2 radical (unpaired) electrons. The van der Waals surface area contributed by atoms with Crippen LogP contribution >= 0.6 is 0 Å². The van der Waals surface area contributed by atoms with Crippen LogP contribution in [0.4, 0.5) is 0 Å². The van der Waals surface area contributed by atoms with Crippen molar-refractivity contribution in [1.29, 1.82) is 0 Å². The van der Waals surface area contributed by atoms with Gasteiger partial charge in [-0.2, -0.15) is 4.98 Å². The maximum atomic E-state index is 5.40. The molecule has 1 aliphatic carbocycles. The zero-order valence-corrected chi connectivity index (χ0v) is 9.22. The van der Waals surface area contributed by atoms with Crippen molar-refractivity contribution in [3.63, 3.8) is 0 Å². The van der Waals surface area contributed by atoms with Crippen LogP contribution in [-0.4, -0.2) is 28.1 Å². The number of aromatic nitrogens is 2. The lowest BCUT2D eigenvalue weighted by molar-refractivity contribution is 0.168. The molecule has 0 N–H and O–H groups in total. The van der Waals surface area contributed by atoms with Crippen molar-refractivity contribution < 1.29 is 4.52 Å². The minimum atomic E-state index is 0.583. The van der Waals surface area contributed by atoms with Gasteiger partial charge in [0.05, 0.1) is 5.92 Å². The SMILES string of the molecule is [CH]1[C](c2nc(C3CC3)no2)C2CCN1CC2. The summed E-state index contributed by atoms with van der Waals surface area (Å²) >= 11 is 0. The molecule has 3 saturated heterocycles. The first kappa shape index (κ1) is 9.16. The Morgan fingerprint density at radius 3 is 2.56 bits per heavy atom. The molecule has 4 aliphatic rings. The Kier molecular flexibility index (Phi) is 1.89. The summed E-state index contributed by atoms with van der Waals surface area (Å²) in [7, 11) is 0. The number of fused-ring (bicyclic) bond motifs is 3. The molecule has 1 aromatic heterocycles. The van der Waals surface area contributed by atoms with Gasteiger partial charge < -0.3 is 4.52 Å². The molecule has 5 rings (SSSR count). The average molecular weight is 217 g/mol. The Bertz CT molecular complexity index is 391. The van der Waals surface area contributed by atoms with Crippen molar-refractivity contribution in [2.24, 2.45) is 5.92 Å². The zero-order valence-electron chi connectivity index (χ0n) is 9.22. The van der Waals surface area contributed by atoms with Crippen LogP contribution < -0.4 is 0 Å². The van der Waals surface area contributed by atoms with Crippen molar-refractivity contribution >= 4 is 0 Å². The van der Waals surface area contributed by atoms with Gasteiger partial charge in [-0.15, -0.1) is 0 Å². The van der Waals surface area contributed by atoms with E-state index in [0.29, 0.717) is 11.8 Å². The maximum Gasteiger partial charge on any atom is 0.235 e. The average Bonchev–Trinajstić information content (AvgIpc) is 3.09. The third-order valence-corrected chi connectivity index (χ3v) is 3.92. The van der Waals surface area contributed by atoms with Gasteiger partial charge >= 0.3 is 0 Å². The van der Waals surface area contributed by atoms with Gasteiger partial charge in [-0.05, 0) is 44.7 Å². The van der Waals surface area contributed by atoms with Crippen LogP contribution in [0.2, 0.25) is 0 Å². The standard InChI is InChI=1S/C12H15N3O/c1-2-9(1)11-13-12(16-14-11)10-7-15-5-3-8(10)4-6-15/h7-9H,1-6H2.